The molecule has 1 atom stereocenters. The Morgan fingerprint density at radius 1 is 1.38 bits per heavy atom. The first-order chi connectivity index (χ1) is 12.4. The Morgan fingerprint density at radius 3 is 2.85 bits per heavy atom. The molecule has 2 aliphatic rings. The van der Waals surface area contributed by atoms with Gasteiger partial charge >= 0.3 is 0 Å². The van der Waals surface area contributed by atoms with E-state index in [-0.39, 0.29) is 17.4 Å². The molecule has 1 aromatic carbocycles. The minimum atomic E-state index is -0.916. The van der Waals surface area contributed by atoms with Gasteiger partial charge in [-0.25, -0.2) is 13.8 Å². The number of carbonyl (C=O) groups excluding carboxylic acids is 1. The van der Waals surface area contributed by atoms with E-state index in [1.54, 1.807) is 5.38 Å². The lowest BCUT2D eigenvalue weighted by molar-refractivity contribution is -0.144. The highest BCUT2D eigenvalue weighted by Crippen LogP contribution is 2.47. The topological polar surface area (TPSA) is 42.4 Å². The predicted molar refractivity (Wildman–Crippen MR) is 97.8 cm³/mol. The number of halogens is 3. The maximum atomic E-state index is 13.6. The van der Waals surface area contributed by atoms with Crippen molar-refractivity contribution in [2.75, 3.05) is 19.7 Å². The van der Waals surface area contributed by atoms with Gasteiger partial charge in [0.25, 0.3) is 0 Å². The molecule has 0 radical (unpaired) electrons. The predicted octanol–water partition coefficient (Wildman–Crippen LogP) is 4.55. The van der Waals surface area contributed by atoms with Crippen LogP contribution in [0, 0.1) is 17.0 Å². The number of aromatic nitrogens is 1. The number of morpholine rings is 1. The van der Waals surface area contributed by atoms with Gasteiger partial charge in [0.15, 0.2) is 11.6 Å². The maximum Gasteiger partial charge on any atom is 0.228 e. The molecule has 0 bridgehead atoms. The Kier molecular flexibility index (Phi) is 4.61. The van der Waals surface area contributed by atoms with Gasteiger partial charge in [-0.3, -0.25) is 4.79 Å². The maximum absolute atomic E-state index is 13.6. The second kappa shape index (κ2) is 6.65. The van der Waals surface area contributed by atoms with E-state index in [1.165, 1.54) is 11.3 Å². The molecule has 0 spiro atoms. The lowest BCUT2D eigenvalue weighted by Crippen LogP contribution is -2.45. The molecule has 2 heterocycles. The van der Waals surface area contributed by atoms with Gasteiger partial charge in [-0.1, -0.05) is 6.92 Å². The van der Waals surface area contributed by atoms with E-state index in [4.69, 9.17) is 4.74 Å². The number of benzene rings is 1. The number of nitrogens with zero attached hydrogens (tertiary/aromatic N) is 2. The van der Waals surface area contributed by atoms with Crippen LogP contribution in [0.15, 0.2) is 22.0 Å². The molecular weight excluding hydrogens is 426 g/mol. The van der Waals surface area contributed by atoms with E-state index in [0.29, 0.717) is 35.4 Å². The largest absolute Gasteiger partial charge is 0.367 e. The number of hydrogen-bond donors (Lipinski definition) is 0. The van der Waals surface area contributed by atoms with E-state index in [1.807, 2.05) is 11.8 Å². The Bertz CT molecular complexity index is 869. The zero-order chi connectivity index (χ0) is 18.5. The second-order valence-electron chi connectivity index (χ2n) is 6.99. The summed E-state index contributed by atoms with van der Waals surface area (Å²) in [6.07, 6.45) is 1.59. The summed E-state index contributed by atoms with van der Waals surface area (Å²) in [6.45, 7) is 3.54. The van der Waals surface area contributed by atoms with Crippen LogP contribution in [0.5, 0.6) is 0 Å². The summed E-state index contributed by atoms with van der Waals surface area (Å²) < 4.78 is 33.1. The SMILES string of the molecule is CC1(C(=O)N2CCOC(c3nc(-c4cc(F)c(F)cc4Br)cs3)C2)CC1. The van der Waals surface area contributed by atoms with Crippen molar-refractivity contribution < 1.29 is 18.3 Å². The van der Waals surface area contributed by atoms with Gasteiger partial charge in [0.2, 0.25) is 5.91 Å². The summed E-state index contributed by atoms with van der Waals surface area (Å²) in [7, 11) is 0. The number of ether oxygens (including phenoxy) is 1. The second-order valence-corrected chi connectivity index (χ2v) is 8.73. The zero-order valence-electron chi connectivity index (χ0n) is 14.1. The molecule has 1 unspecified atom stereocenters. The molecule has 2 fully saturated rings. The van der Waals surface area contributed by atoms with Crippen molar-refractivity contribution in [2.45, 2.75) is 25.9 Å². The molecule has 1 aromatic heterocycles. The van der Waals surface area contributed by atoms with E-state index in [9.17, 15) is 13.6 Å². The third-order valence-corrected chi connectivity index (χ3v) is 6.55. The third-order valence-electron chi connectivity index (χ3n) is 4.95. The van der Waals surface area contributed by atoms with Crippen LogP contribution in [0.4, 0.5) is 8.78 Å². The van der Waals surface area contributed by atoms with Crippen LogP contribution in [0.25, 0.3) is 11.3 Å². The minimum absolute atomic E-state index is 0.186. The molecule has 4 nitrogen and oxygen atoms in total. The standard InChI is InChI=1S/C18H17BrF2N2O2S/c1-18(2-3-18)17(24)23-4-5-25-15(8-23)16-22-14(9-26-16)10-6-12(20)13(21)7-11(10)19/h6-7,9,15H,2-5,8H2,1H3. The van der Waals surface area contributed by atoms with Crippen molar-refractivity contribution >= 4 is 33.2 Å². The molecule has 138 valence electrons. The monoisotopic (exact) mass is 442 g/mol. The quantitative estimate of drug-likeness (QED) is 0.654. The highest BCUT2D eigenvalue weighted by atomic mass is 79.9. The Labute approximate surface area is 162 Å². The summed E-state index contributed by atoms with van der Waals surface area (Å²) in [5.41, 5.74) is 0.838. The van der Waals surface area contributed by atoms with Crippen molar-refractivity contribution in [1.82, 2.24) is 9.88 Å². The summed E-state index contributed by atoms with van der Waals surface area (Å²) in [5, 5.41) is 2.52. The van der Waals surface area contributed by atoms with Crippen LogP contribution in [0.1, 0.15) is 30.9 Å². The Morgan fingerprint density at radius 2 is 2.12 bits per heavy atom. The fourth-order valence-corrected chi connectivity index (χ4v) is 4.42. The van der Waals surface area contributed by atoms with Crippen molar-refractivity contribution in [3.63, 3.8) is 0 Å². The molecule has 4 rings (SSSR count). The number of amides is 1. The molecule has 1 aliphatic carbocycles. The molecule has 1 saturated carbocycles. The number of thiazole rings is 1. The van der Waals surface area contributed by atoms with Gasteiger partial charge in [-0.05, 0) is 40.9 Å². The van der Waals surface area contributed by atoms with E-state index in [0.717, 1.165) is 30.0 Å². The van der Waals surface area contributed by atoms with Crippen molar-refractivity contribution in [1.29, 1.82) is 0 Å². The van der Waals surface area contributed by atoms with Crippen LogP contribution in [-0.2, 0) is 9.53 Å². The van der Waals surface area contributed by atoms with Crippen LogP contribution in [0.3, 0.4) is 0 Å². The summed E-state index contributed by atoms with van der Waals surface area (Å²) in [6, 6.07) is 2.22. The van der Waals surface area contributed by atoms with Crippen molar-refractivity contribution in [3.05, 3.63) is 38.6 Å². The minimum Gasteiger partial charge on any atom is -0.367 e. The lowest BCUT2D eigenvalue weighted by atomic mass is 10.1. The summed E-state index contributed by atoms with van der Waals surface area (Å²) >= 11 is 4.65. The average molecular weight is 443 g/mol. The van der Waals surface area contributed by atoms with Gasteiger partial charge in [0.05, 0.1) is 18.8 Å². The molecule has 8 heteroatoms. The van der Waals surface area contributed by atoms with Crippen molar-refractivity contribution in [3.8, 4) is 11.3 Å². The summed E-state index contributed by atoms with van der Waals surface area (Å²) in [5.74, 6) is -1.64. The van der Waals surface area contributed by atoms with Crippen LogP contribution in [0.2, 0.25) is 0 Å². The summed E-state index contributed by atoms with van der Waals surface area (Å²) in [4.78, 5) is 19.0. The van der Waals surface area contributed by atoms with E-state index in [2.05, 4.69) is 20.9 Å². The smallest absolute Gasteiger partial charge is 0.228 e. The van der Waals surface area contributed by atoms with Gasteiger partial charge in [-0.2, -0.15) is 0 Å². The number of carbonyl (C=O) groups is 1. The zero-order valence-corrected chi connectivity index (χ0v) is 16.5. The third kappa shape index (κ3) is 3.30. The molecular formula is C18H17BrF2N2O2S. The normalized spacial score (nSPS) is 21.7. The Hall–Kier alpha value is -1.38. The van der Waals surface area contributed by atoms with Gasteiger partial charge in [-0.15, -0.1) is 11.3 Å². The lowest BCUT2D eigenvalue weighted by Gasteiger charge is -2.33. The highest BCUT2D eigenvalue weighted by Gasteiger charge is 2.48. The van der Waals surface area contributed by atoms with E-state index >= 15 is 0 Å². The van der Waals surface area contributed by atoms with Crippen molar-refractivity contribution in [2.24, 2.45) is 5.41 Å². The average Bonchev–Trinajstić information content (AvgIpc) is 3.19. The molecule has 1 aliphatic heterocycles. The van der Waals surface area contributed by atoms with Crippen LogP contribution in [-0.4, -0.2) is 35.5 Å². The first-order valence-corrected chi connectivity index (χ1v) is 10.1. The molecule has 1 amide bonds. The van der Waals surface area contributed by atoms with Crippen LogP contribution < -0.4 is 0 Å². The number of rotatable bonds is 3. The highest BCUT2D eigenvalue weighted by molar-refractivity contribution is 9.10. The fraction of sp³-hybridized carbons (Fsp3) is 0.444. The van der Waals surface area contributed by atoms with Gasteiger partial charge in [0.1, 0.15) is 11.1 Å². The molecule has 1 saturated heterocycles. The fourth-order valence-electron chi connectivity index (χ4n) is 3.04. The van der Waals surface area contributed by atoms with E-state index < -0.39 is 11.6 Å². The molecule has 26 heavy (non-hydrogen) atoms. The first kappa shape index (κ1) is 18.0. The molecule has 2 aromatic rings. The Balaban J connectivity index is 1.54. The van der Waals surface area contributed by atoms with Gasteiger partial charge in [0, 0.05) is 27.4 Å². The van der Waals surface area contributed by atoms with Gasteiger partial charge < -0.3 is 9.64 Å². The molecule has 0 N–H and O–H groups in total. The number of hydrogen-bond acceptors (Lipinski definition) is 4. The van der Waals surface area contributed by atoms with Crippen LogP contribution >= 0.6 is 27.3 Å². The first-order valence-electron chi connectivity index (χ1n) is 8.39.